The number of nitrogens with zero attached hydrogens (tertiary/aromatic N) is 2. The fourth-order valence-electron chi connectivity index (χ4n) is 16.1. The normalized spacial score (nSPS) is 20.0. The Bertz CT molecular complexity index is 3900. The van der Waals surface area contributed by atoms with Crippen LogP contribution in [0.3, 0.4) is 0 Å². The quantitative estimate of drug-likeness (QED) is 0.149. The summed E-state index contributed by atoms with van der Waals surface area (Å²) >= 11 is 0. The number of hydrogen-bond acceptors (Lipinski definition) is 1. The highest BCUT2D eigenvalue weighted by molar-refractivity contribution is 6.94. The van der Waals surface area contributed by atoms with E-state index in [0.717, 1.165) is 0 Å². The lowest BCUT2D eigenvalue weighted by atomic mass is 9.43. The van der Waals surface area contributed by atoms with Crippen molar-refractivity contribution in [3.05, 3.63) is 159 Å². The second-order valence-corrected chi connectivity index (χ2v) is 30.3. The van der Waals surface area contributed by atoms with Crippen LogP contribution in [0.15, 0.2) is 103 Å². The van der Waals surface area contributed by atoms with E-state index in [-0.39, 0.29) is 50.2 Å². The number of hydrogen-bond donors (Lipinski definition) is 0. The first kappa shape index (κ1) is 47.6. The Labute approximate surface area is 449 Å². The van der Waals surface area contributed by atoms with Gasteiger partial charge >= 0.3 is 6.85 Å². The third-order valence-electron chi connectivity index (χ3n) is 21.0. The van der Waals surface area contributed by atoms with Gasteiger partial charge in [0.15, 0.2) is 0 Å². The van der Waals surface area contributed by atoms with Gasteiger partial charge in [0.05, 0.1) is 11.0 Å². The molecule has 2 nitrogen and oxygen atoms in total. The number of benzene rings is 7. The molecule has 1 aromatic heterocycles. The van der Waals surface area contributed by atoms with Crippen LogP contribution < -0.4 is 15.7 Å². The van der Waals surface area contributed by atoms with Crippen LogP contribution in [0.5, 0.6) is 0 Å². The standard InChI is InChI=1S/C72H79BN2/c1-65(2,3)40-23-26-42(27-24-40)75-58-38-50-44(45-35-51-53(37-49(45)71(50,15)16)69(11,12)31-29-67(51,7)8)34-46(58)61-62-59(43-21-19-20-22-48(43)72(62,17)18)60-47-36-52-54(70(13,14)32-30-68(52,9)10)39-57(47)74-56-28-25-41(66(4,5)6)33-55(56)73(75)63(61)64(60)74/h19-28,33-39H,29-32H2,1-18H3. The van der Waals surface area contributed by atoms with E-state index in [4.69, 9.17) is 0 Å². The lowest BCUT2D eigenvalue weighted by Gasteiger charge is -2.44. The third-order valence-corrected chi connectivity index (χ3v) is 21.0. The van der Waals surface area contributed by atoms with E-state index in [1.165, 1.54) is 153 Å². The van der Waals surface area contributed by atoms with Crippen molar-refractivity contribution in [2.45, 2.75) is 194 Å². The molecule has 6 aliphatic rings. The molecule has 75 heavy (non-hydrogen) atoms. The minimum atomic E-state index is -0.271. The smallest absolute Gasteiger partial charge is 0.333 e. The Morgan fingerprint density at radius 1 is 0.440 bits per heavy atom. The maximum atomic E-state index is 2.82. The first-order valence-corrected chi connectivity index (χ1v) is 28.7. The molecule has 0 amide bonds. The molecule has 380 valence electrons. The Morgan fingerprint density at radius 2 is 0.987 bits per heavy atom. The van der Waals surface area contributed by atoms with Crippen LogP contribution in [0.4, 0.5) is 11.4 Å². The number of anilines is 2. The molecule has 2 aliphatic heterocycles. The zero-order valence-electron chi connectivity index (χ0n) is 48.6. The van der Waals surface area contributed by atoms with Gasteiger partial charge in [-0.2, -0.15) is 0 Å². The van der Waals surface area contributed by atoms with E-state index in [1.54, 1.807) is 11.1 Å². The molecule has 0 atom stereocenters. The van der Waals surface area contributed by atoms with Gasteiger partial charge in [-0.25, -0.2) is 0 Å². The highest BCUT2D eigenvalue weighted by Gasteiger charge is 2.52. The average molecular weight is 983 g/mol. The van der Waals surface area contributed by atoms with E-state index in [1.807, 2.05) is 0 Å². The predicted octanol–water partition coefficient (Wildman–Crippen LogP) is 17.9. The van der Waals surface area contributed by atoms with Crippen LogP contribution in [-0.4, -0.2) is 11.4 Å². The molecule has 8 aromatic rings. The van der Waals surface area contributed by atoms with Gasteiger partial charge in [-0.1, -0.05) is 179 Å². The molecule has 0 fully saturated rings. The monoisotopic (exact) mass is 983 g/mol. The summed E-state index contributed by atoms with van der Waals surface area (Å²) in [6.07, 6.45) is 4.77. The molecule has 3 heteroatoms. The van der Waals surface area contributed by atoms with Gasteiger partial charge in [-0.3, -0.25) is 0 Å². The van der Waals surface area contributed by atoms with Crippen molar-refractivity contribution in [1.82, 2.24) is 4.57 Å². The zero-order valence-corrected chi connectivity index (χ0v) is 48.6. The van der Waals surface area contributed by atoms with Crippen molar-refractivity contribution < 1.29 is 0 Å². The van der Waals surface area contributed by atoms with E-state index in [0.29, 0.717) is 0 Å². The van der Waals surface area contributed by atoms with Crippen molar-refractivity contribution >= 4 is 51.0 Å². The SMILES string of the molecule is CC(C)(C)c1ccc(N2B3c4cc(C(C)(C)C)ccc4-n4c5cc6c(cc5c5c7c(c(c3c54)-c3cc4c(cc32)C(C)(C)c2cc3c(cc2-4)C(C)(C)CCC3(C)C)C(C)(C)c2ccccc2-7)C(C)(C)CCC6(C)C)cc1. The maximum Gasteiger partial charge on any atom is 0.333 e. The molecule has 0 saturated heterocycles. The zero-order chi connectivity index (χ0) is 53.0. The lowest BCUT2D eigenvalue weighted by molar-refractivity contribution is 0.331. The Hall–Kier alpha value is -5.80. The van der Waals surface area contributed by atoms with Gasteiger partial charge < -0.3 is 9.38 Å². The van der Waals surface area contributed by atoms with Crippen LogP contribution in [0.1, 0.15) is 206 Å². The summed E-state index contributed by atoms with van der Waals surface area (Å²) in [6, 6.07) is 43.0. The molecular weight excluding hydrogens is 904 g/mol. The minimum absolute atomic E-state index is 0.0272. The molecule has 4 aliphatic carbocycles. The molecule has 0 unspecified atom stereocenters. The van der Waals surface area contributed by atoms with Gasteiger partial charge in [0.2, 0.25) is 0 Å². The Morgan fingerprint density at radius 3 is 1.61 bits per heavy atom. The van der Waals surface area contributed by atoms with Crippen LogP contribution >= 0.6 is 0 Å². The fraction of sp³-hybridized carbons (Fsp3) is 0.417. The number of aromatic nitrogens is 1. The van der Waals surface area contributed by atoms with Gasteiger partial charge in [0, 0.05) is 44.2 Å². The maximum absolute atomic E-state index is 2.82. The Kier molecular flexibility index (Phi) is 9.03. The summed E-state index contributed by atoms with van der Waals surface area (Å²) in [7, 11) is 0. The molecule has 0 N–H and O–H groups in total. The second-order valence-electron chi connectivity index (χ2n) is 30.3. The van der Waals surface area contributed by atoms with Gasteiger partial charge in [0.25, 0.3) is 0 Å². The van der Waals surface area contributed by atoms with Gasteiger partial charge in [-0.15, -0.1) is 0 Å². The summed E-state index contributed by atoms with van der Waals surface area (Å²) in [6.45, 7) is 44.2. The molecule has 0 spiro atoms. The van der Waals surface area contributed by atoms with Crippen LogP contribution in [-0.2, 0) is 43.3 Å². The number of rotatable bonds is 1. The summed E-state index contributed by atoms with van der Waals surface area (Å²) in [5.74, 6) is 0. The van der Waals surface area contributed by atoms with Crippen molar-refractivity contribution in [1.29, 1.82) is 0 Å². The molecule has 7 aromatic carbocycles. The highest BCUT2D eigenvalue weighted by Crippen LogP contribution is 2.63. The molecule has 0 bridgehead atoms. The molecule has 0 radical (unpaired) electrons. The van der Waals surface area contributed by atoms with E-state index >= 15 is 0 Å². The van der Waals surface area contributed by atoms with E-state index in [2.05, 4.69) is 237 Å². The molecule has 0 saturated carbocycles. The second kappa shape index (κ2) is 14.2. The minimum Gasteiger partial charge on any atom is -0.376 e. The molecular formula is C72H79BN2. The third kappa shape index (κ3) is 6.05. The first-order chi connectivity index (χ1) is 34.9. The van der Waals surface area contributed by atoms with Crippen molar-refractivity contribution in [3.63, 3.8) is 0 Å². The first-order valence-electron chi connectivity index (χ1n) is 28.7. The van der Waals surface area contributed by atoms with Gasteiger partial charge in [-0.05, 0) is 201 Å². The van der Waals surface area contributed by atoms with Crippen LogP contribution in [0.25, 0.3) is 60.9 Å². The predicted molar refractivity (Wildman–Crippen MR) is 323 cm³/mol. The lowest BCUT2D eigenvalue weighted by Crippen LogP contribution is -2.61. The van der Waals surface area contributed by atoms with E-state index < -0.39 is 0 Å². The largest absolute Gasteiger partial charge is 0.376 e. The van der Waals surface area contributed by atoms with Gasteiger partial charge in [0.1, 0.15) is 0 Å². The van der Waals surface area contributed by atoms with Crippen molar-refractivity contribution in [2.75, 3.05) is 4.81 Å². The average Bonchev–Trinajstić information content (AvgIpc) is 4.04. The molecule has 14 rings (SSSR count). The van der Waals surface area contributed by atoms with Crippen LogP contribution in [0, 0.1) is 0 Å². The Balaban J connectivity index is 1.21. The summed E-state index contributed by atoms with van der Waals surface area (Å²) in [4.78, 5) is 2.82. The summed E-state index contributed by atoms with van der Waals surface area (Å²) in [5, 5.41) is 2.84. The summed E-state index contributed by atoms with van der Waals surface area (Å²) < 4.78 is 2.78. The number of fused-ring (bicyclic) bond motifs is 18. The highest BCUT2D eigenvalue weighted by atomic mass is 15.1. The fourth-order valence-corrected chi connectivity index (χ4v) is 16.1. The van der Waals surface area contributed by atoms with Crippen LogP contribution in [0.2, 0.25) is 0 Å². The van der Waals surface area contributed by atoms with Crippen molar-refractivity contribution in [3.8, 4) is 39.1 Å². The van der Waals surface area contributed by atoms with Crippen molar-refractivity contribution in [2.24, 2.45) is 0 Å². The van der Waals surface area contributed by atoms with E-state index in [9.17, 15) is 0 Å². The summed E-state index contributed by atoms with van der Waals surface area (Å²) in [5.41, 5.74) is 32.6. The topological polar surface area (TPSA) is 8.17 Å². The molecule has 3 heterocycles.